The topological polar surface area (TPSA) is 55.6 Å². The normalized spacial score (nSPS) is 15.7. The predicted molar refractivity (Wildman–Crippen MR) is 108 cm³/mol. The number of amides is 1. The van der Waals surface area contributed by atoms with Gasteiger partial charge in [-0.25, -0.2) is 4.79 Å². The molecule has 1 aliphatic rings. The fourth-order valence-electron chi connectivity index (χ4n) is 3.87. The van der Waals surface area contributed by atoms with E-state index in [1.165, 1.54) is 16.8 Å². The molecule has 1 N–H and O–H groups in total. The van der Waals surface area contributed by atoms with Gasteiger partial charge in [-0.3, -0.25) is 4.99 Å². The van der Waals surface area contributed by atoms with Gasteiger partial charge in [-0.05, 0) is 49.1 Å². The van der Waals surface area contributed by atoms with Gasteiger partial charge in [0.05, 0.1) is 17.4 Å². The Kier molecular flexibility index (Phi) is 4.44. The highest BCUT2D eigenvalue weighted by Gasteiger charge is 2.26. The van der Waals surface area contributed by atoms with Crippen LogP contribution < -0.4 is 10.1 Å². The first kappa shape index (κ1) is 17.3. The maximum Gasteiger partial charge on any atom is 0.412 e. The van der Waals surface area contributed by atoms with E-state index < -0.39 is 6.09 Å². The average Bonchev–Trinajstić information content (AvgIpc) is 3.22. The summed E-state index contributed by atoms with van der Waals surface area (Å²) in [4.78, 5) is 16.5. The van der Waals surface area contributed by atoms with Crippen LogP contribution in [0, 0.1) is 0 Å². The predicted octanol–water partition coefficient (Wildman–Crippen LogP) is 4.39. The summed E-state index contributed by atoms with van der Waals surface area (Å²) in [6.07, 6.45) is 1.43. The quantitative estimate of drug-likeness (QED) is 0.752. The van der Waals surface area contributed by atoms with Gasteiger partial charge in [0, 0.05) is 25.0 Å². The molecule has 1 heterocycles. The second-order valence-electron chi connectivity index (χ2n) is 6.87. The Morgan fingerprint density at radius 1 is 1.19 bits per heavy atom. The van der Waals surface area contributed by atoms with E-state index in [-0.39, 0.29) is 6.04 Å². The Morgan fingerprint density at radius 2 is 1.96 bits per heavy atom. The summed E-state index contributed by atoms with van der Waals surface area (Å²) in [7, 11) is 3.63. The average molecular weight is 361 g/mol. The molecule has 1 aromatic heterocycles. The van der Waals surface area contributed by atoms with Crippen molar-refractivity contribution in [3.05, 3.63) is 65.4 Å². The number of hydrogen-bond donors (Lipinski definition) is 1. The zero-order valence-electron chi connectivity index (χ0n) is 15.8. The number of ether oxygens (including phenoxy) is 1. The first-order valence-corrected chi connectivity index (χ1v) is 9.21. The molecular weight excluding hydrogens is 338 g/mol. The number of rotatable bonds is 3. The minimum Gasteiger partial charge on any atom is -0.410 e. The fraction of sp³-hybridized carbons (Fsp3) is 0.273. The number of fused-ring (bicyclic) bond motifs is 3. The van der Waals surface area contributed by atoms with Crippen molar-refractivity contribution >= 4 is 22.7 Å². The van der Waals surface area contributed by atoms with Crippen molar-refractivity contribution in [2.24, 2.45) is 12.0 Å². The van der Waals surface area contributed by atoms with Crippen LogP contribution in [0.2, 0.25) is 0 Å². The molecule has 4 rings (SSSR count). The molecule has 27 heavy (non-hydrogen) atoms. The molecule has 1 amide bonds. The molecule has 3 aromatic rings. The van der Waals surface area contributed by atoms with E-state index in [0.29, 0.717) is 5.75 Å². The zero-order chi connectivity index (χ0) is 19.0. The third-order valence-electron chi connectivity index (χ3n) is 5.21. The van der Waals surface area contributed by atoms with E-state index in [2.05, 4.69) is 48.1 Å². The molecule has 1 unspecified atom stereocenters. The highest BCUT2D eigenvalue weighted by molar-refractivity contribution is 6.09. The lowest BCUT2D eigenvalue weighted by Crippen LogP contribution is -2.21. The van der Waals surface area contributed by atoms with E-state index in [4.69, 9.17) is 9.73 Å². The van der Waals surface area contributed by atoms with Gasteiger partial charge >= 0.3 is 6.09 Å². The lowest BCUT2D eigenvalue weighted by atomic mass is 10.1. The van der Waals surface area contributed by atoms with Crippen molar-refractivity contribution < 1.29 is 9.53 Å². The third-order valence-corrected chi connectivity index (χ3v) is 5.21. The fourth-order valence-corrected chi connectivity index (χ4v) is 3.87. The number of carbonyl (C=O) groups is 1. The van der Waals surface area contributed by atoms with Crippen molar-refractivity contribution in [1.82, 2.24) is 9.88 Å². The molecule has 0 saturated carbocycles. The molecular formula is C22H23N3O2. The van der Waals surface area contributed by atoms with Crippen molar-refractivity contribution in [3.8, 4) is 5.75 Å². The van der Waals surface area contributed by atoms with Gasteiger partial charge in [-0.15, -0.1) is 0 Å². The lowest BCUT2D eigenvalue weighted by molar-refractivity contribution is 0.203. The molecule has 0 aliphatic heterocycles. The van der Waals surface area contributed by atoms with Gasteiger partial charge in [0.2, 0.25) is 0 Å². The van der Waals surface area contributed by atoms with Crippen LogP contribution >= 0.6 is 0 Å². The summed E-state index contributed by atoms with van der Waals surface area (Å²) >= 11 is 0. The number of aliphatic imine (C=N–C) groups is 1. The lowest BCUT2D eigenvalue weighted by Gasteiger charge is -2.10. The number of carbonyl (C=O) groups excluding carboxylic acids is 1. The van der Waals surface area contributed by atoms with Crippen molar-refractivity contribution in [2.75, 3.05) is 7.05 Å². The second-order valence-corrected chi connectivity index (χ2v) is 6.87. The highest BCUT2D eigenvalue weighted by Crippen LogP contribution is 2.35. The van der Waals surface area contributed by atoms with Crippen molar-refractivity contribution in [1.29, 1.82) is 0 Å². The summed E-state index contributed by atoms with van der Waals surface area (Å²) in [6.45, 7) is 2.14. The van der Waals surface area contributed by atoms with E-state index in [1.54, 1.807) is 7.05 Å². The number of aryl methyl sites for hydroxylation is 2. The Hall–Kier alpha value is -3.08. The van der Waals surface area contributed by atoms with Gasteiger partial charge in [0.25, 0.3) is 0 Å². The van der Waals surface area contributed by atoms with Crippen LogP contribution in [0.25, 0.3) is 10.9 Å². The van der Waals surface area contributed by atoms with Gasteiger partial charge in [0.15, 0.2) is 0 Å². The Bertz CT molecular complexity index is 1030. The monoisotopic (exact) mass is 361 g/mol. The minimum absolute atomic E-state index is 0.123. The van der Waals surface area contributed by atoms with Crippen LogP contribution in [0.15, 0.2) is 53.5 Å². The number of aromatic nitrogens is 1. The molecule has 0 spiro atoms. The van der Waals surface area contributed by atoms with E-state index in [9.17, 15) is 4.79 Å². The van der Waals surface area contributed by atoms with Gasteiger partial charge in [0.1, 0.15) is 5.75 Å². The minimum atomic E-state index is -0.458. The molecule has 5 nitrogen and oxygen atoms in total. The summed E-state index contributed by atoms with van der Waals surface area (Å²) < 4.78 is 7.51. The van der Waals surface area contributed by atoms with Crippen molar-refractivity contribution in [2.45, 2.75) is 25.8 Å². The standard InChI is InChI=1S/C22H23N3O2/c1-14(15-7-5-4-6-8-15)24-19-11-10-17-18-13-16(27-22(26)23-2)9-12-20(18)25(3)21(17)19/h4-9,12-14H,10-11H2,1-3H3,(H,23,26)/b24-19-. The second kappa shape index (κ2) is 6.91. The highest BCUT2D eigenvalue weighted by atomic mass is 16.5. The van der Waals surface area contributed by atoms with Crippen LogP contribution in [0.3, 0.4) is 0 Å². The summed E-state index contributed by atoms with van der Waals surface area (Å²) in [5, 5.41) is 3.61. The summed E-state index contributed by atoms with van der Waals surface area (Å²) in [6, 6.07) is 16.3. The zero-order valence-corrected chi connectivity index (χ0v) is 15.8. The summed E-state index contributed by atoms with van der Waals surface area (Å²) in [5.74, 6) is 0.554. The van der Waals surface area contributed by atoms with E-state index in [0.717, 1.165) is 29.5 Å². The molecule has 0 fully saturated rings. The van der Waals surface area contributed by atoms with Gasteiger partial charge < -0.3 is 14.6 Å². The smallest absolute Gasteiger partial charge is 0.410 e. The molecule has 5 heteroatoms. The van der Waals surface area contributed by atoms with E-state index >= 15 is 0 Å². The largest absolute Gasteiger partial charge is 0.412 e. The maximum atomic E-state index is 11.5. The third kappa shape index (κ3) is 3.10. The van der Waals surface area contributed by atoms with Crippen LogP contribution in [-0.2, 0) is 13.5 Å². The molecule has 0 saturated heterocycles. The molecule has 138 valence electrons. The first-order valence-electron chi connectivity index (χ1n) is 9.21. The number of hydrogen-bond acceptors (Lipinski definition) is 3. The van der Waals surface area contributed by atoms with E-state index in [1.807, 2.05) is 24.3 Å². The Balaban J connectivity index is 1.73. The van der Waals surface area contributed by atoms with Crippen LogP contribution in [0.4, 0.5) is 4.79 Å². The Labute approximate surface area is 158 Å². The SMILES string of the molecule is CNC(=O)Oc1ccc2c(c1)c1c(n2C)/C(=N\C(C)c2ccccc2)CC1. The first-order chi connectivity index (χ1) is 13.1. The van der Waals surface area contributed by atoms with Gasteiger partial charge in [-0.1, -0.05) is 30.3 Å². The molecule has 1 aliphatic carbocycles. The summed E-state index contributed by atoms with van der Waals surface area (Å²) in [5.41, 5.74) is 5.98. The van der Waals surface area contributed by atoms with Crippen molar-refractivity contribution in [3.63, 3.8) is 0 Å². The number of benzene rings is 2. The molecule has 0 radical (unpaired) electrons. The van der Waals surface area contributed by atoms with Crippen LogP contribution in [0.5, 0.6) is 5.75 Å². The molecule has 1 atom stereocenters. The maximum absolute atomic E-state index is 11.5. The Morgan fingerprint density at radius 3 is 2.70 bits per heavy atom. The van der Waals surface area contributed by atoms with Crippen LogP contribution in [-0.4, -0.2) is 23.4 Å². The number of nitrogens with zero attached hydrogens (tertiary/aromatic N) is 2. The van der Waals surface area contributed by atoms with Crippen LogP contribution in [0.1, 0.15) is 36.2 Å². The number of nitrogens with one attached hydrogen (secondary N) is 1. The molecule has 0 bridgehead atoms. The molecule has 2 aromatic carbocycles. The van der Waals surface area contributed by atoms with Gasteiger partial charge in [-0.2, -0.15) is 0 Å².